The maximum Gasteiger partial charge on any atom is 0.159 e. The van der Waals surface area contributed by atoms with Crippen LogP contribution in [0.1, 0.15) is 5.56 Å². The maximum absolute atomic E-state index is 14.1. The zero-order valence-corrected chi connectivity index (χ0v) is 14.1. The third kappa shape index (κ3) is 3.18. The van der Waals surface area contributed by atoms with Crippen molar-refractivity contribution in [1.82, 2.24) is 0 Å². The van der Waals surface area contributed by atoms with Crippen molar-refractivity contribution >= 4 is 17.8 Å². The standard InChI is InChI=1S/C21H18NOP/c22-17-21(16-18-10-4-1-5-11-18)24(23,19-12-6-2-7-13-19)20-14-8-3-9-15-20/h1-15,21H,16H2. The van der Waals surface area contributed by atoms with Gasteiger partial charge in [0.2, 0.25) is 0 Å². The molecule has 3 heteroatoms. The predicted octanol–water partition coefficient (Wildman–Crippen LogP) is 4.14. The molecular formula is C21H18NOP. The lowest BCUT2D eigenvalue weighted by molar-refractivity contribution is 0.582. The van der Waals surface area contributed by atoms with Crippen LogP contribution in [0.4, 0.5) is 0 Å². The molecule has 0 aromatic heterocycles. The largest absolute Gasteiger partial charge is 0.312 e. The Morgan fingerprint density at radius 2 is 1.17 bits per heavy atom. The molecule has 1 unspecified atom stereocenters. The Labute approximate surface area is 142 Å². The van der Waals surface area contributed by atoms with Gasteiger partial charge in [0.05, 0.1) is 6.07 Å². The molecule has 0 N–H and O–H groups in total. The quantitative estimate of drug-likeness (QED) is 0.660. The van der Waals surface area contributed by atoms with E-state index in [1.54, 1.807) is 0 Å². The van der Waals surface area contributed by atoms with Gasteiger partial charge in [-0.05, 0) is 12.0 Å². The topological polar surface area (TPSA) is 40.9 Å². The minimum Gasteiger partial charge on any atom is -0.312 e. The third-order valence-corrected chi connectivity index (χ3v) is 7.45. The molecule has 24 heavy (non-hydrogen) atoms. The van der Waals surface area contributed by atoms with Gasteiger partial charge >= 0.3 is 0 Å². The molecule has 3 aromatic rings. The normalized spacial score (nSPS) is 12.3. The molecule has 3 rings (SSSR count). The van der Waals surface area contributed by atoms with Crippen LogP contribution in [0.2, 0.25) is 0 Å². The molecule has 0 saturated carbocycles. The van der Waals surface area contributed by atoms with Gasteiger partial charge in [-0.1, -0.05) is 91.0 Å². The molecule has 0 heterocycles. The first kappa shape index (κ1) is 16.2. The van der Waals surface area contributed by atoms with Crippen LogP contribution in [0.5, 0.6) is 0 Å². The van der Waals surface area contributed by atoms with Crippen LogP contribution in [0.3, 0.4) is 0 Å². The lowest BCUT2D eigenvalue weighted by Gasteiger charge is -2.24. The van der Waals surface area contributed by atoms with Gasteiger partial charge in [0.1, 0.15) is 5.66 Å². The fourth-order valence-corrected chi connectivity index (χ4v) is 5.78. The predicted molar refractivity (Wildman–Crippen MR) is 99.3 cm³/mol. The highest BCUT2D eigenvalue weighted by molar-refractivity contribution is 7.79. The molecule has 0 aliphatic heterocycles. The van der Waals surface area contributed by atoms with Crippen molar-refractivity contribution in [3.63, 3.8) is 0 Å². The molecule has 0 saturated heterocycles. The smallest absolute Gasteiger partial charge is 0.159 e. The van der Waals surface area contributed by atoms with Crippen LogP contribution in [0.15, 0.2) is 91.0 Å². The van der Waals surface area contributed by atoms with Crippen LogP contribution in [-0.4, -0.2) is 5.66 Å². The Hall–Kier alpha value is -2.62. The van der Waals surface area contributed by atoms with Crippen molar-refractivity contribution in [3.05, 3.63) is 96.6 Å². The number of benzene rings is 3. The summed E-state index contributed by atoms with van der Waals surface area (Å²) in [7, 11) is -3.06. The Kier molecular flexibility index (Phi) is 4.94. The molecular weight excluding hydrogens is 313 g/mol. The van der Waals surface area contributed by atoms with E-state index in [0.717, 1.165) is 16.2 Å². The molecule has 3 aromatic carbocycles. The van der Waals surface area contributed by atoms with E-state index in [2.05, 4.69) is 6.07 Å². The van der Waals surface area contributed by atoms with Gasteiger partial charge in [-0.2, -0.15) is 5.26 Å². The Balaban J connectivity index is 2.11. The first-order valence-corrected chi connectivity index (χ1v) is 9.67. The van der Waals surface area contributed by atoms with E-state index in [-0.39, 0.29) is 0 Å². The molecule has 0 radical (unpaired) electrons. The Morgan fingerprint density at radius 1 is 0.750 bits per heavy atom. The highest BCUT2D eigenvalue weighted by atomic mass is 31.2. The molecule has 0 fully saturated rings. The second-order valence-electron chi connectivity index (χ2n) is 5.66. The summed E-state index contributed by atoms with van der Waals surface area (Å²) in [6, 6.07) is 30.9. The van der Waals surface area contributed by atoms with E-state index in [0.29, 0.717) is 6.42 Å². The van der Waals surface area contributed by atoms with Crippen LogP contribution in [0.25, 0.3) is 0 Å². The Morgan fingerprint density at radius 3 is 1.58 bits per heavy atom. The highest BCUT2D eigenvalue weighted by Crippen LogP contribution is 2.49. The van der Waals surface area contributed by atoms with E-state index in [1.165, 1.54) is 0 Å². The van der Waals surface area contributed by atoms with E-state index < -0.39 is 12.8 Å². The summed E-state index contributed by atoms with van der Waals surface area (Å²) < 4.78 is 14.1. The molecule has 0 aliphatic rings. The SMILES string of the molecule is N#CC(Cc1ccccc1)P(=O)(c1ccccc1)c1ccccc1. The van der Waals surface area contributed by atoms with E-state index in [1.807, 2.05) is 91.0 Å². The average Bonchev–Trinajstić information content (AvgIpc) is 2.67. The fraction of sp³-hybridized carbons (Fsp3) is 0.0952. The zero-order valence-electron chi connectivity index (χ0n) is 13.2. The number of nitrogens with zero attached hydrogens (tertiary/aromatic N) is 1. The van der Waals surface area contributed by atoms with Crippen LogP contribution >= 0.6 is 7.14 Å². The summed E-state index contributed by atoms with van der Waals surface area (Å²) in [5, 5.41) is 11.3. The molecule has 2 nitrogen and oxygen atoms in total. The summed E-state index contributed by atoms with van der Waals surface area (Å²) in [5.41, 5.74) is 0.431. The Bertz CT molecular complexity index is 826. The number of rotatable bonds is 5. The van der Waals surface area contributed by atoms with Crippen molar-refractivity contribution in [1.29, 1.82) is 5.26 Å². The molecule has 0 aliphatic carbocycles. The van der Waals surface area contributed by atoms with E-state index >= 15 is 0 Å². The first-order chi connectivity index (χ1) is 11.7. The highest BCUT2D eigenvalue weighted by Gasteiger charge is 2.36. The van der Waals surface area contributed by atoms with Crippen LogP contribution in [0, 0.1) is 11.3 Å². The fourth-order valence-electron chi connectivity index (χ4n) is 2.90. The van der Waals surface area contributed by atoms with Gasteiger partial charge < -0.3 is 4.57 Å². The van der Waals surface area contributed by atoms with Crippen LogP contribution in [-0.2, 0) is 11.0 Å². The summed E-state index contributed by atoms with van der Waals surface area (Å²) in [6.45, 7) is 0. The van der Waals surface area contributed by atoms with Crippen molar-refractivity contribution in [3.8, 4) is 6.07 Å². The average molecular weight is 331 g/mol. The minimum atomic E-state index is -3.06. The molecule has 118 valence electrons. The summed E-state index contributed by atoms with van der Waals surface area (Å²) in [4.78, 5) is 0. The van der Waals surface area contributed by atoms with E-state index in [9.17, 15) is 9.83 Å². The van der Waals surface area contributed by atoms with E-state index in [4.69, 9.17) is 0 Å². The number of hydrogen-bond acceptors (Lipinski definition) is 2. The van der Waals surface area contributed by atoms with Gasteiger partial charge in [-0.25, -0.2) is 0 Å². The van der Waals surface area contributed by atoms with Crippen molar-refractivity contribution < 1.29 is 4.57 Å². The second-order valence-corrected chi connectivity index (χ2v) is 8.64. The monoisotopic (exact) mass is 331 g/mol. The van der Waals surface area contributed by atoms with Gasteiger partial charge in [-0.3, -0.25) is 0 Å². The minimum absolute atomic E-state index is 0.471. The number of hydrogen-bond donors (Lipinski definition) is 0. The summed E-state index contributed by atoms with van der Waals surface area (Å²) in [5.74, 6) is 0. The summed E-state index contributed by atoms with van der Waals surface area (Å²) in [6.07, 6.45) is 0.471. The van der Waals surface area contributed by atoms with Gasteiger partial charge in [0.25, 0.3) is 0 Å². The molecule has 1 atom stereocenters. The van der Waals surface area contributed by atoms with Gasteiger partial charge in [0.15, 0.2) is 7.14 Å². The van der Waals surface area contributed by atoms with Crippen molar-refractivity contribution in [2.45, 2.75) is 12.1 Å². The molecule has 0 bridgehead atoms. The molecule has 0 amide bonds. The van der Waals surface area contributed by atoms with Gasteiger partial charge in [-0.15, -0.1) is 0 Å². The molecule has 0 spiro atoms. The first-order valence-electron chi connectivity index (χ1n) is 7.89. The number of nitriles is 1. The zero-order chi connectivity index (χ0) is 16.8. The van der Waals surface area contributed by atoms with Gasteiger partial charge in [0, 0.05) is 10.6 Å². The summed E-state index contributed by atoms with van der Waals surface area (Å²) >= 11 is 0. The van der Waals surface area contributed by atoms with Crippen molar-refractivity contribution in [2.24, 2.45) is 0 Å². The maximum atomic E-state index is 14.1. The lowest BCUT2D eigenvalue weighted by atomic mass is 10.1. The van der Waals surface area contributed by atoms with Crippen LogP contribution < -0.4 is 10.6 Å². The van der Waals surface area contributed by atoms with Crippen molar-refractivity contribution in [2.75, 3.05) is 0 Å². The lowest BCUT2D eigenvalue weighted by Crippen LogP contribution is -2.26. The second kappa shape index (κ2) is 7.30. The third-order valence-electron chi connectivity index (χ3n) is 4.14.